The second-order valence-corrected chi connectivity index (χ2v) is 4.46. The van der Waals surface area contributed by atoms with Crippen LogP contribution >= 0.6 is 11.6 Å². The molecule has 0 aromatic carbocycles. The van der Waals surface area contributed by atoms with E-state index in [1.54, 1.807) is 0 Å². The van der Waals surface area contributed by atoms with Gasteiger partial charge in [0.2, 0.25) is 5.95 Å². The summed E-state index contributed by atoms with van der Waals surface area (Å²) in [6.07, 6.45) is 5.66. The van der Waals surface area contributed by atoms with Gasteiger partial charge in [-0.15, -0.1) is 11.6 Å². The van der Waals surface area contributed by atoms with Gasteiger partial charge >= 0.3 is 0 Å². The number of hydrogen-bond acceptors (Lipinski definition) is 3. The molecule has 1 aliphatic heterocycles. The van der Waals surface area contributed by atoms with E-state index in [2.05, 4.69) is 21.8 Å². The SMILES string of the molecule is CCn1ccnc1NC1(CCl)CCOCC1. The number of halogens is 1. The van der Waals surface area contributed by atoms with E-state index in [1.807, 2.05) is 12.4 Å². The summed E-state index contributed by atoms with van der Waals surface area (Å²) < 4.78 is 7.46. The highest BCUT2D eigenvalue weighted by Crippen LogP contribution is 2.26. The van der Waals surface area contributed by atoms with E-state index in [0.29, 0.717) is 5.88 Å². The first-order valence-electron chi connectivity index (χ1n) is 5.73. The van der Waals surface area contributed by atoms with Gasteiger partial charge in [-0.25, -0.2) is 4.98 Å². The van der Waals surface area contributed by atoms with Gasteiger partial charge in [0.15, 0.2) is 0 Å². The quantitative estimate of drug-likeness (QED) is 0.824. The fourth-order valence-corrected chi connectivity index (χ4v) is 2.31. The molecule has 1 fully saturated rings. The Hall–Kier alpha value is -0.740. The minimum Gasteiger partial charge on any atom is -0.381 e. The molecule has 0 radical (unpaired) electrons. The Morgan fingerprint density at radius 1 is 1.56 bits per heavy atom. The maximum absolute atomic E-state index is 6.09. The average Bonchev–Trinajstić information content (AvgIpc) is 2.77. The topological polar surface area (TPSA) is 39.1 Å². The minimum atomic E-state index is -0.0575. The number of hydrogen-bond donors (Lipinski definition) is 1. The molecule has 1 saturated heterocycles. The number of imidazole rings is 1. The summed E-state index contributed by atoms with van der Waals surface area (Å²) in [4.78, 5) is 4.33. The van der Waals surface area contributed by atoms with Gasteiger partial charge in [-0.05, 0) is 19.8 Å². The fraction of sp³-hybridized carbons (Fsp3) is 0.727. The Bertz CT molecular complexity index is 334. The number of rotatable bonds is 4. The summed E-state index contributed by atoms with van der Waals surface area (Å²) in [5.41, 5.74) is -0.0575. The monoisotopic (exact) mass is 243 g/mol. The number of aromatic nitrogens is 2. The van der Waals surface area contributed by atoms with Crippen molar-refractivity contribution < 1.29 is 4.74 Å². The predicted molar refractivity (Wildman–Crippen MR) is 65.0 cm³/mol. The number of anilines is 1. The zero-order chi connectivity index (χ0) is 11.4. The van der Waals surface area contributed by atoms with Crippen molar-refractivity contribution in [1.82, 2.24) is 9.55 Å². The van der Waals surface area contributed by atoms with Gasteiger partial charge in [0.05, 0.1) is 5.54 Å². The van der Waals surface area contributed by atoms with Crippen LogP contribution < -0.4 is 5.32 Å². The van der Waals surface area contributed by atoms with Crippen LogP contribution in [0.2, 0.25) is 0 Å². The molecule has 0 saturated carbocycles. The lowest BCUT2D eigenvalue weighted by atomic mass is 9.92. The lowest BCUT2D eigenvalue weighted by Gasteiger charge is -2.36. The van der Waals surface area contributed by atoms with Crippen LogP contribution in [-0.2, 0) is 11.3 Å². The normalized spacial score (nSPS) is 19.6. The lowest BCUT2D eigenvalue weighted by molar-refractivity contribution is 0.0664. The molecule has 2 heterocycles. The van der Waals surface area contributed by atoms with E-state index in [-0.39, 0.29) is 5.54 Å². The second-order valence-electron chi connectivity index (χ2n) is 4.19. The lowest BCUT2D eigenvalue weighted by Crippen LogP contribution is -2.46. The summed E-state index contributed by atoms with van der Waals surface area (Å²) in [5, 5.41) is 3.48. The van der Waals surface area contributed by atoms with E-state index in [9.17, 15) is 0 Å². The van der Waals surface area contributed by atoms with Crippen LogP contribution in [0, 0.1) is 0 Å². The van der Waals surface area contributed by atoms with Gasteiger partial charge in [-0.3, -0.25) is 0 Å². The number of ether oxygens (including phenoxy) is 1. The largest absolute Gasteiger partial charge is 0.381 e. The molecular formula is C11H18ClN3O. The van der Waals surface area contributed by atoms with E-state index in [4.69, 9.17) is 16.3 Å². The molecule has 5 heteroatoms. The first-order valence-corrected chi connectivity index (χ1v) is 6.26. The number of alkyl halides is 1. The standard InChI is InChI=1S/C11H18ClN3O/c1-2-15-6-5-13-10(15)14-11(9-12)3-7-16-8-4-11/h5-6H,2-4,7-9H2,1H3,(H,13,14). The average molecular weight is 244 g/mol. The summed E-state index contributed by atoms with van der Waals surface area (Å²) in [6, 6.07) is 0. The number of aryl methyl sites for hydroxylation is 1. The van der Waals surface area contributed by atoms with Crippen molar-refractivity contribution in [3.8, 4) is 0 Å². The molecule has 0 atom stereocenters. The van der Waals surface area contributed by atoms with Crippen LogP contribution in [0.25, 0.3) is 0 Å². The molecule has 1 N–H and O–H groups in total. The van der Waals surface area contributed by atoms with Crippen molar-refractivity contribution in [2.75, 3.05) is 24.4 Å². The molecular weight excluding hydrogens is 226 g/mol. The molecule has 0 unspecified atom stereocenters. The van der Waals surface area contributed by atoms with Crippen molar-refractivity contribution in [2.45, 2.75) is 31.8 Å². The Morgan fingerprint density at radius 2 is 2.31 bits per heavy atom. The van der Waals surface area contributed by atoms with Crippen molar-refractivity contribution >= 4 is 17.5 Å². The van der Waals surface area contributed by atoms with Crippen LogP contribution in [0.4, 0.5) is 5.95 Å². The van der Waals surface area contributed by atoms with Gasteiger partial charge in [0.1, 0.15) is 0 Å². The van der Waals surface area contributed by atoms with Crippen molar-refractivity contribution in [3.05, 3.63) is 12.4 Å². The third-order valence-electron chi connectivity index (χ3n) is 3.14. The molecule has 90 valence electrons. The molecule has 0 aliphatic carbocycles. The van der Waals surface area contributed by atoms with Crippen LogP contribution in [0.5, 0.6) is 0 Å². The molecule has 0 spiro atoms. The Kier molecular flexibility index (Phi) is 3.71. The van der Waals surface area contributed by atoms with Gasteiger partial charge in [0.25, 0.3) is 0 Å². The molecule has 0 amide bonds. The fourth-order valence-electron chi connectivity index (χ4n) is 1.98. The van der Waals surface area contributed by atoms with Crippen LogP contribution in [-0.4, -0.2) is 34.2 Å². The Balaban J connectivity index is 2.11. The number of nitrogens with zero attached hydrogens (tertiary/aromatic N) is 2. The van der Waals surface area contributed by atoms with Gasteiger partial charge in [-0.2, -0.15) is 0 Å². The molecule has 16 heavy (non-hydrogen) atoms. The van der Waals surface area contributed by atoms with Gasteiger partial charge < -0.3 is 14.6 Å². The molecule has 2 rings (SSSR count). The summed E-state index contributed by atoms with van der Waals surface area (Å²) >= 11 is 6.09. The van der Waals surface area contributed by atoms with E-state index in [1.165, 1.54) is 0 Å². The highest BCUT2D eigenvalue weighted by molar-refractivity contribution is 6.18. The smallest absolute Gasteiger partial charge is 0.203 e. The first kappa shape index (κ1) is 11.7. The third kappa shape index (κ3) is 2.33. The Labute approximate surface area is 101 Å². The van der Waals surface area contributed by atoms with E-state index < -0.39 is 0 Å². The predicted octanol–water partition coefficient (Wildman–Crippen LogP) is 2.10. The van der Waals surface area contributed by atoms with Gasteiger partial charge in [-0.1, -0.05) is 0 Å². The van der Waals surface area contributed by atoms with Crippen molar-refractivity contribution in [2.24, 2.45) is 0 Å². The molecule has 1 aromatic rings. The molecule has 1 aliphatic rings. The molecule has 4 nitrogen and oxygen atoms in total. The zero-order valence-corrected chi connectivity index (χ0v) is 10.3. The summed E-state index contributed by atoms with van der Waals surface area (Å²) in [7, 11) is 0. The van der Waals surface area contributed by atoms with E-state index >= 15 is 0 Å². The highest BCUT2D eigenvalue weighted by Gasteiger charge is 2.32. The van der Waals surface area contributed by atoms with Gasteiger partial charge in [0, 0.05) is 38.0 Å². The summed E-state index contributed by atoms with van der Waals surface area (Å²) in [5.74, 6) is 1.50. The molecule has 0 bridgehead atoms. The number of nitrogens with one attached hydrogen (secondary N) is 1. The zero-order valence-electron chi connectivity index (χ0n) is 9.58. The maximum Gasteiger partial charge on any atom is 0.203 e. The van der Waals surface area contributed by atoms with Crippen LogP contribution in [0.3, 0.4) is 0 Å². The molecule has 1 aromatic heterocycles. The van der Waals surface area contributed by atoms with E-state index in [0.717, 1.165) is 38.5 Å². The Morgan fingerprint density at radius 3 is 2.94 bits per heavy atom. The van der Waals surface area contributed by atoms with Crippen LogP contribution in [0.15, 0.2) is 12.4 Å². The summed E-state index contributed by atoms with van der Waals surface area (Å²) in [6.45, 7) is 4.56. The highest BCUT2D eigenvalue weighted by atomic mass is 35.5. The first-order chi connectivity index (χ1) is 7.79. The third-order valence-corrected chi connectivity index (χ3v) is 3.65. The maximum atomic E-state index is 6.09. The van der Waals surface area contributed by atoms with Crippen LogP contribution in [0.1, 0.15) is 19.8 Å². The minimum absolute atomic E-state index is 0.0575. The second kappa shape index (κ2) is 5.06. The van der Waals surface area contributed by atoms with Crippen molar-refractivity contribution in [1.29, 1.82) is 0 Å². The van der Waals surface area contributed by atoms with Crippen molar-refractivity contribution in [3.63, 3.8) is 0 Å².